The number of ether oxygens (including phenoxy) is 2. The number of fused-ring (bicyclic) bond motifs is 3. The zero-order valence-corrected chi connectivity index (χ0v) is 15.2. The molecule has 150 valence electrons. The van der Waals surface area contributed by atoms with Gasteiger partial charge in [-0.2, -0.15) is 4.98 Å². The summed E-state index contributed by atoms with van der Waals surface area (Å²) >= 11 is 0. The molecule has 0 radical (unpaired) electrons. The Morgan fingerprint density at radius 2 is 2.00 bits per heavy atom. The molecule has 0 bridgehead atoms. The SMILES string of the molecule is [2H]c1nc2c(OCc3ccccc3)nc3n[13cH][13cH]n3c2n1[C@@H]1O[C@H](CO)[C@@H](O)[C@H]1O. The summed E-state index contributed by atoms with van der Waals surface area (Å²) in [5, 5.41) is 30.0. The van der Waals surface area contributed by atoms with Gasteiger partial charge in [0.05, 0.1) is 12.9 Å². The highest BCUT2D eigenvalue weighted by atomic mass is 16.6. The predicted molar refractivity (Wildman–Crippen MR) is 100 cm³/mol. The van der Waals surface area contributed by atoms with Gasteiger partial charge in [0.15, 0.2) is 17.4 Å². The summed E-state index contributed by atoms with van der Waals surface area (Å²) in [4.78, 5) is 12.9. The molecule has 10 nitrogen and oxygen atoms in total. The molecule has 0 aliphatic carbocycles. The zero-order valence-electron chi connectivity index (χ0n) is 16.2. The van der Waals surface area contributed by atoms with E-state index < -0.39 is 31.1 Å². The molecule has 1 aliphatic rings. The molecule has 3 N–H and O–H groups in total. The van der Waals surface area contributed by atoms with Crippen LogP contribution in [0.5, 0.6) is 5.88 Å². The molecule has 4 aromatic rings. The Morgan fingerprint density at radius 3 is 2.76 bits per heavy atom. The molecule has 1 aromatic carbocycles. The van der Waals surface area contributed by atoms with Crippen LogP contribution in [0.1, 0.15) is 13.2 Å². The molecular weight excluding hydrogens is 380 g/mol. The highest BCUT2D eigenvalue weighted by molar-refractivity contribution is 5.79. The maximum atomic E-state index is 10.5. The topological polar surface area (TPSA) is 127 Å². The highest BCUT2D eigenvalue weighted by Gasteiger charge is 2.44. The van der Waals surface area contributed by atoms with Crippen LogP contribution in [-0.4, -0.2) is 64.2 Å². The lowest BCUT2D eigenvalue weighted by molar-refractivity contribution is -0.0511. The van der Waals surface area contributed by atoms with Gasteiger partial charge >= 0.3 is 0 Å². The summed E-state index contributed by atoms with van der Waals surface area (Å²) in [6.45, 7) is -0.226. The van der Waals surface area contributed by atoms with Gasteiger partial charge in [0.1, 0.15) is 26.3 Å². The number of aliphatic hydroxyl groups excluding tert-OH is 3. The van der Waals surface area contributed by atoms with Crippen molar-refractivity contribution >= 4 is 16.9 Å². The Hall–Kier alpha value is -3.05. The number of aliphatic hydroxyl groups is 3. The molecule has 0 unspecified atom stereocenters. The van der Waals surface area contributed by atoms with Crippen LogP contribution in [0.2, 0.25) is 0 Å². The van der Waals surface area contributed by atoms with Crippen LogP contribution in [0, 0.1) is 0 Å². The lowest BCUT2D eigenvalue weighted by atomic mass is 10.1. The Bertz CT molecular complexity index is 1200. The largest absolute Gasteiger partial charge is 0.471 e. The van der Waals surface area contributed by atoms with Gasteiger partial charge in [-0.3, -0.25) is 8.97 Å². The van der Waals surface area contributed by atoms with E-state index in [0.29, 0.717) is 16.9 Å². The number of imidazole rings is 2. The fourth-order valence-corrected chi connectivity index (χ4v) is 3.47. The van der Waals surface area contributed by atoms with Crippen LogP contribution in [0.3, 0.4) is 0 Å². The number of hydrogen-bond acceptors (Lipinski definition) is 8. The van der Waals surface area contributed by atoms with Crippen molar-refractivity contribution in [1.29, 1.82) is 0 Å². The third-order valence-corrected chi connectivity index (χ3v) is 4.95. The third-order valence-electron chi connectivity index (χ3n) is 4.95. The van der Waals surface area contributed by atoms with Crippen LogP contribution >= 0.6 is 0 Å². The van der Waals surface area contributed by atoms with Crippen molar-refractivity contribution in [2.24, 2.45) is 0 Å². The Morgan fingerprint density at radius 1 is 1.17 bits per heavy atom. The molecular formula is C19H19N5O5. The van der Waals surface area contributed by atoms with E-state index >= 15 is 0 Å². The lowest BCUT2D eigenvalue weighted by Gasteiger charge is -2.17. The average molecular weight is 400 g/mol. The van der Waals surface area contributed by atoms with Gasteiger partial charge in [-0.25, -0.2) is 9.97 Å². The van der Waals surface area contributed by atoms with E-state index in [4.69, 9.17) is 10.8 Å². The second-order valence-electron chi connectivity index (χ2n) is 6.77. The molecule has 0 amide bonds. The minimum absolute atomic E-state index is 0.187. The van der Waals surface area contributed by atoms with Crippen molar-refractivity contribution in [3.05, 3.63) is 54.6 Å². The minimum atomic E-state index is -1.36. The summed E-state index contributed by atoms with van der Waals surface area (Å²) in [7, 11) is 0. The monoisotopic (exact) mass is 400 g/mol. The lowest BCUT2D eigenvalue weighted by Crippen LogP contribution is -2.33. The zero-order chi connectivity index (χ0) is 20.8. The fraction of sp³-hybridized carbons (Fsp3) is 0.316. The van der Waals surface area contributed by atoms with Crippen molar-refractivity contribution in [2.75, 3.05) is 6.61 Å². The van der Waals surface area contributed by atoms with E-state index in [1.807, 2.05) is 30.3 Å². The maximum Gasteiger partial charge on any atom is 0.247 e. The van der Waals surface area contributed by atoms with Crippen molar-refractivity contribution in [3.8, 4) is 5.88 Å². The molecule has 1 aliphatic heterocycles. The van der Waals surface area contributed by atoms with Gasteiger partial charge in [-0.05, 0) is 5.56 Å². The van der Waals surface area contributed by atoms with Gasteiger partial charge in [0.25, 0.3) is 0 Å². The van der Waals surface area contributed by atoms with E-state index in [-0.39, 0.29) is 18.8 Å². The van der Waals surface area contributed by atoms with Crippen LogP contribution < -0.4 is 4.74 Å². The molecule has 0 spiro atoms. The molecule has 4 heterocycles. The first kappa shape index (κ1) is 16.9. The van der Waals surface area contributed by atoms with Crippen LogP contribution in [0.25, 0.3) is 16.9 Å². The van der Waals surface area contributed by atoms with Crippen molar-refractivity contribution in [3.63, 3.8) is 0 Å². The van der Waals surface area contributed by atoms with Gasteiger partial charge in [0.2, 0.25) is 11.7 Å². The smallest absolute Gasteiger partial charge is 0.247 e. The van der Waals surface area contributed by atoms with E-state index in [1.54, 1.807) is 16.8 Å². The summed E-state index contributed by atoms with van der Waals surface area (Å²) in [6.07, 6.45) is -1.78. The maximum absolute atomic E-state index is 10.5. The normalized spacial score (nSPS) is 25.0. The molecule has 5 rings (SSSR count). The molecule has 1 saturated heterocycles. The van der Waals surface area contributed by atoms with Crippen LogP contribution in [-0.2, 0) is 11.3 Å². The van der Waals surface area contributed by atoms with Gasteiger partial charge in [-0.1, -0.05) is 30.3 Å². The number of rotatable bonds is 5. The van der Waals surface area contributed by atoms with Gasteiger partial charge in [-0.15, -0.1) is 0 Å². The van der Waals surface area contributed by atoms with E-state index in [1.165, 1.54) is 4.57 Å². The molecule has 29 heavy (non-hydrogen) atoms. The van der Waals surface area contributed by atoms with E-state index in [0.717, 1.165) is 5.56 Å². The van der Waals surface area contributed by atoms with E-state index in [2.05, 4.69) is 15.0 Å². The highest BCUT2D eigenvalue weighted by Crippen LogP contribution is 2.33. The molecule has 4 atom stereocenters. The standard InChI is InChI=1S/C19H19N5O5/c25-8-12-14(26)15(27)18(29-12)24-10-21-13-16(28-9-11-4-2-1-3-5-11)22-19-20-6-7-23(19)17(13)24/h1-7,10,12,14-15,18,25-27H,8-9H2/t12-,14-,15-,18-/m1/s1/i6+1,7+1,10D. The average Bonchev–Trinajstić information content (AvgIpc) is 3.43. The quantitative estimate of drug-likeness (QED) is 0.436. The number of nitrogens with zero attached hydrogens (tertiary/aromatic N) is 5. The molecule has 1 fully saturated rings. The fourth-order valence-electron chi connectivity index (χ4n) is 3.47. The predicted octanol–water partition coefficient (Wildman–Crippen LogP) is 0.269. The number of benzene rings is 1. The van der Waals surface area contributed by atoms with E-state index in [9.17, 15) is 15.3 Å². The second-order valence-corrected chi connectivity index (χ2v) is 6.77. The molecule has 10 heteroatoms. The summed E-state index contributed by atoms with van der Waals surface area (Å²) < 4.78 is 22.8. The van der Waals surface area contributed by atoms with Crippen LogP contribution in [0.4, 0.5) is 0 Å². The van der Waals surface area contributed by atoms with Gasteiger partial charge < -0.3 is 24.8 Å². The summed E-state index contributed by atoms with van der Waals surface area (Å²) in [5.74, 6) is 0.505. The Kier molecular flexibility index (Phi) is 4.12. The van der Waals surface area contributed by atoms with Gasteiger partial charge in [0, 0.05) is 12.4 Å². The first-order valence-corrected chi connectivity index (χ1v) is 9.09. The van der Waals surface area contributed by atoms with Crippen molar-refractivity contribution in [1.82, 2.24) is 23.9 Å². The summed E-state index contributed by atoms with van der Waals surface area (Å²) in [5.41, 5.74) is 1.60. The molecule has 0 saturated carbocycles. The Balaban J connectivity index is 1.63. The third kappa shape index (κ3) is 2.93. The Labute approximate surface area is 166 Å². The first-order valence-electron chi connectivity index (χ1n) is 9.59. The summed E-state index contributed by atoms with van der Waals surface area (Å²) in [6, 6.07) is 9.54. The molecule has 3 aromatic heterocycles. The van der Waals surface area contributed by atoms with Crippen molar-refractivity contribution in [2.45, 2.75) is 31.1 Å². The minimum Gasteiger partial charge on any atom is -0.471 e. The van der Waals surface area contributed by atoms with Crippen LogP contribution in [0.15, 0.2) is 49.0 Å². The second kappa shape index (κ2) is 7.08. The number of hydrogen-bond donors (Lipinski definition) is 3. The number of aromatic nitrogens is 5. The first-order chi connectivity index (χ1) is 14.6. The van der Waals surface area contributed by atoms with Crippen molar-refractivity contribution < 1.29 is 26.2 Å².